The fourth-order valence-corrected chi connectivity index (χ4v) is 2.47. The first kappa shape index (κ1) is 20.5. The van der Waals surface area contributed by atoms with E-state index < -0.39 is 12.5 Å². The Hall–Kier alpha value is -2.80. The summed E-state index contributed by atoms with van der Waals surface area (Å²) in [5.74, 6) is 0.504. The molecular weight excluding hydrogens is 380 g/mol. The van der Waals surface area contributed by atoms with Crippen molar-refractivity contribution in [1.29, 1.82) is 0 Å². The number of hydrogen-bond donors (Lipinski definition) is 1. The van der Waals surface area contributed by atoms with E-state index >= 15 is 0 Å². The second-order valence-corrected chi connectivity index (χ2v) is 5.60. The van der Waals surface area contributed by atoms with Gasteiger partial charge in [-0.1, -0.05) is 11.6 Å². The third kappa shape index (κ3) is 6.14. The summed E-state index contributed by atoms with van der Waals surface area (Å²) in [6.45, 7) is -0.624. The van der Waals surface area contributed by atoms with Gasteiger partial charge < -0.3 is 19.5 Å². The van der Waals surface area contributed by atoms with Gasteiger partial charge in [0.15, 0.2) is 11.5 Å². The molecule has 0 radical (unpaired) electrons. The van der Waals surface area contributed by atoms with E-state index in [2.05, 4.69) is 10.1 Å². The highest BCUT2D eigenvalue weighted by Gasteiger charge is 2.11. The summed E-state index contributed by atoms with van der Waals surface area (Å²) in [7, 11) is 1.50. The van der Waals surface area contributed by atoms with E-state index in [1.165, 1.54) is 37.5 Å². The highest BCUT2D eigenvalue weighted by molar-refractivity contribution is 6.32. The zero-order valence-electron chi connectivity index (χ0n) is 14.7. The first-order valence-corrected chi connectivity index (χ1v) is 8.35. The second kappa shape index (κ2) is 9.78. The molecule has 0 heterocycles. The molecule has 144 valence electrons. The normalized spacial score (nSPS) is 10.9. The molecule has 0 fully saturated rings. The zero-order valence-corrected chi connectivity index (χ0v) is 15.4. The van der Waals surface area contributed by atoms with Crippen molar-refractivity contribution in [3.63, 3.8) is 0 Å². The van der Waals surface area contributed by atoms with Crippen molar-refractivity contribution >= 4 is 29.3 Å². The summed E-state index contributed by atoms with van der Waals surface area (Å²) in [4.78, 5) is 12.0. The number of amides is 1. The quantitative estimate of drug-likeness (QED) is 0.637. The summed E-state index contributed by atoms with van der Waals surface area (Å²) in [6.07, 6.45) is 2.88. The van der Waals surface area contributed by atoms with E-state index in [1.807, 2.05) is 6.92 Å². The number of carbonyl (C=O) groups is 1. The topological polar surface area (TPSA) is 56.8 Å². The third-order valence-electron chi connectivity index (χ3n) is 3.31. The van der Waals surface area contributed by atoms with Crippen molar-refractivity contribution in [2.24, 2.45) is 0 Å². The first-order chi connectivity index (χ1) is 12.9. The molecule has 2 aromatic rings. The van der Waals surface area contributed by atoms with Crippen LogP contribution in [0, 0.1) is 0 Å². The molecule has 1 N–H and O–H groups in total. The van der Waals surface area contributed by atoms with E-state index in [0.717, 1.165) is 0 Å². The van der Waals surface area contributed by atoms with Gasteiger partial charge in [0, 0.05) is 11.8 Å². The molecule has 27 heavy (non-hydrogen) atoms. The molecular formula is C19H18ClF2NO4. The molecule has 2 rings (SSSR count). The van der Waals surface area contributed by atoms with E-state index in [4.69, 9.17) is 21.1 Å². The Bertz CT molecular complexity index is 810. The van der Waals surface area contributed by atoms with Crippen LogP contribution in [0.5, 0.6) is 17.2 Å². The maximum Gasteiger partial charge on any atom is 0.387 e. The zero-order chi connectivity index (χ0) is 19.8. The average molecular weight is 398 g/mol. The Morgan fingerprint density at radius 2 is 1.96 bits per heavy atom. The SMILES string of the molecule is CCOc1c(Cl)cc(/C=C/C(=O)Nc2ccc(OC(F)F)cc2)cc1OC. The molecule has 0 unspecified atom stereocenters. The van der Waals surface area contributed by atoms with Crippen LogP contribution in [0.2, 0.25) is 5.02 Å². The summed E-state index contributed by atoms with van der Waals surface area (Å²) >= 11 is 6.18. The van der Waals surface area contributed by atoms with Crippen molar-refractivity contribution < 1.29 is 27.8 Å². The lowest BCUT2D eigenvalue weighted by molar-refractivity contribution is -0.111. The maximum absolute atomic E-state index is 12.1. The van der Waals surface area contributed by atoms with E-state index in [9.17, 15) is 13.6 Å². The van der Waals surface area contributed by atoms with Crippen molar-refractivity contribution in [3.05, 3.63) is 53.1 Å². The van der Waals surface area contributed by atoms with Gasteiger partial charge in [-0.3, -0.25) is 4.79 Å². The number of alkyl halides is 2. The Morgan fingerprint density at radius 1 is 1.26 bits per heavy atom. The number of hydrogen-bond acceptors (Lipinski definition) is 4. The van der Waals surface area contributed by atoms with Gasteiger partial charge in [-0.05, 0) is 55.0 Å². The summed E-state index contributed by atoms with van der Waals surface area (Å²) in [5.41, 5.74) is 1.09. The van der Waals surface area contributed by atoms with Crippen LogP contribution in [-0.4, -0.2) is 26.2 Å². The molecule has 1 amide bonds. The van der Waals surface area contributed by atoms with Crippen molar-refractivity contribution in [3.8, 4) is 17.2 Å². The molecule has 8 heteroatoms. The van der Waals surface area contributed by atoms with Crippen LogP contribution < -0.4 is 19.5 Å². The van der Waals surface area contributed by atoms with Gasteiger partial charge in [0.1, 0.15) is 5.75 Å². The van der Waals surface area contributed by atoms with Gasteiger partial charge in [0.25, 0.3) is 0 Å². The number of nitrogens with one attached hydrogen (secondary N) is 1. The largest absolute Gasteiger partial charge is 0.493 e. The Morgan fingerprint density at radius 3 is 2.56 bits per heavy atom. The minimum atomic E-state index is -2.90. The monoisotopic (exact) mass is 397 g/mol. The van der Waals surface area contributed by atoms with Gasteiger partial charge in [0.2, 0.25) is 5.91 Å². The highest BCUT2D eigenvalue weighted by atomic mass is 35.5. The van der Waals surface area contributed by atoms with Gasteiger partial charge >= 0.3 is 6.61 Å². The van der Waals surface area contributed by atoms with Gasteiger partial charge in [-0.15, -0.1) is 0 Å². The molecule has 0 aliphatic rings. The Kier molecular flexibility index (Phi) is 7.43. The van der Waals surface area contributed by atoms with Crippen LogP contribution in [0.4, 0.5) is 14.5 Å². The third-order valence-corrected chi connectivity index (χ3v) is 3.60. The van der Waals surface area contributed by atoms with Gasteiger partial charge in [0.05, 0.1) is 18.7 Å². The number of halogens is 3. The molecule has 0 saturated carbocycles. The maximum atomic E-state index is 12.1. The molecule has 5 nitrogen and oxygen atoms in total. The molecule has 0 spiro atoms. The Labute approximate surface area is 160 Å². The summed E-state index contributed by atoms with van der Waals surface area (Å²) < 4.78 is 39.2. The van der Waals surface area contributed by atoms with Crippen molar-refractivity contribution in [1.82, 2.24) is 0 Å². The molecule has 0 aliphatic carbocycles. The molecule has 0 bridgehead atoms. The number of ether oxygens (including phenoxy) is 3. The molecule has 0 aromatic heterocycles. The number of methoxy groups -OCH3 is 1. The fourth-order valence-electron chi connectivity index (χ4n) is 2.20. The fraction of sp³-hybridized carbons (Fsp3) is 0.211. The van der Waals surface area contributed by atoms with Crippen molar-refractivity contribution in [2.45, 2.75) is 13.5 Å². The molecule has 0 aliphatic heterocycles. The van der Waals surface area contributed by atoms with E-state index in [0.29, 0.717) is 34.4 Å². The number of anilines is 1. The minimum absolute atomic E-state index is 0.00895. The lowest BCUT2D eigenvalue weighted by atomic mass is 10.2. The van der Waals surface area contributed by atoms with Crippen molar-refractivity contribution in [2.75, 3.05) is 19.0 Å². The van der Waals surface area contributed by atoms with Gasteiger partial charge in [-0.2, -0.15) is 8.78 Å². The Balaban J connectivity index is 2.05. The van der Waals surface area contributed by atoms with Crippen LogP contribution >= 0.6 is 11.6 Å². The highest BCUT2D eigenvalue weighted by Crippen LogP contribution is 2.36. The molecule has 2 aromatic carbocycles. The summed E-state index contributed by atoms with van der Waals surface area (Å²) in [6, 6.07) is 8.93. The van der Waals surface area contributed by atoms with Crippen LogP contribution in [0.25, 0.3) is 6.08 Å². The van der Waals surface area contributed by atoms with Crippen LogP contribution in [0.15, 0.2) is 42.5 Å². The lowest BCUT2D eigenvalue weighted by Gasteiger charge is -2.11. The average Bonchev–Trinajstić information content (AvgIpc) is 2.63. The smallest absolute Gasteiger partial charge is 0.387 e. The van der Waals surface area contributed by atoms with E-state index in [-0.39, 0.29) is 5.75 Å². The predicted molar refractivity (Wildman–Crippen MR) is 99.9 cm³/mol. The second-order valence-electron chi connectivity index (χ2n) is 5.19. The number of rotatable bonds is 8. The molecule has 0 atom stereocenters. The first-order valence-electron chi connectivity index (χ1n) is 7.97. The van der Waals surface area contributed by atoms with Crippen LogP contribution in [0.1, 0.15) is 12.5 Å². The molecule has 0 saturated heterocycles. The summed E-state index contributed by atoms with van der Waals surface area (Å²) in [5, 5.41) is 2.98. The van der Waals surface area contributed by atoms with E-state index in [1.54, 1.807) is 18.2 Å². The van der Waals surface area contributed by atoms with Crippen LogP contribution in [-0.2, 0) is 4.79 Å². The number of carbonyl (C=O) groups excluding carboxylic acids is 1. The number of benzene rings is 2. The lowest BCUT2D eigenvalue weighted by Crippen LogP contribution is -2.08. The standard InChI is InChI=1S/C19H18ClF2NO4/c1-3-26-18-15(20)10-12(11-16(18)25-2)4-9-17(24)23-13-5-7-14(8-6-13)27-19(21)22/h4-11,19H,3H2,1-2H3,(H,23,24)/b9-4+. The van der Waals surface area contributed by atoms with Crippen LogP contribution in [0.3, 0.4) is 0 Å². The predicted octanol–water partition coefficient (Wildman–Crippen LogP) is 5.00. The minimum Gasteiger partial charge on any atom is -0.493 e. The van der Waals surface area contributed by atoms with Gasteiger partial charge in [-0.25, -0.2) is 0 Å².